The number of hydrogen-bond acceptors (Lipinski definition) is 8. The van der Waals surface area contributed by atoms with Crippen LogP contribution in [0.1, 0.15) is 15.9 Å². The fourth-order valence-electron chi connectivity index (χ4n) is 3.33. The number of para-hydroxylation sites is 1. The molecule has 1 amide bonds. The summed E-state index contributed by atoms with van der Waals surface area (Å²) in [5.41, 5.74) is 0.481. The minimum Gasteiger partial charge on any atom is -0.490 e. The van der Waals surface area contributed by atoms with Gasteiger partial charge in [-0.25, -0.2) is 4.79 Å². The molecule has 0 saturated carbocycles. The van der Waals surface area contributed by atoms with E-state index < -0.39 is 16.8 Å². The molecule has 1 N–H and O–H groups in total. The number of carbonyl (C=O) groups is 2. The number of anilines is 1. The van der Waals surface area contributed by atoms with Gasteiger partial charge in [0.25, 0.3) is 11.6 Å². The molecule has 1 aliphatic rings. The lowest BCUT2D eigenvalue weighted by Crippen LogP contribution is -2.27. The topological polar surface area (TPSA) is 119 Å². The van der Waals surface area contributed by atoms with Crippen molar-refractivity contribution >= 4 is 57.6 Å². The van der Waals surface area contributed by atoms with Crippen molar-refractivity contribution in [1.29, 1.82) is 0 Å². The zero-order valence-corrected chi connectivity index (χ0v) is 20.2. The molecule has 11 heteroatoms. The maximum absolute atomic E-state index is 13.2. The lowest BCUT2D eigenvalue weighted by Gasteiger charge is -2.15. The van der Waals surface area contributed by atoms with Crippen LogP contribution in [0.25, 0.3) is 6.08 Å². The highest BCUT2D eigenvalue weighted by molar-refractivity contribution is 8.27. The lowest BCUT2D eigenvalue weighted by molar-refractivity contribution is -0.384. The molecule has 9 nitrogen and oxygen atoms in total. The van der Waals surface area contributed by atoms with Crippen LogP contribution in [0.2, 0.25) is 0 Å². The summed E-state index contributed by atoms with van der Waals surface area (Å²) >= 11 is 6.36. The molecule has 4 rings (SSSR count). The highest BCUT2D eigenvalue weighted by Gasteiger charge is 2.34. The van der Waals surface area contributed by atoms with Gasteiger partial charge in [-0.1, -0.05) is 48.2 Å². The minimum absolute atomic E-state index is 0.0117. The van der Waals surface area contributed by atoms with Crippen molar-refractivity contribution in [3.63, 3.8) is 0 Å². The van der Waals surface area contributed by atoms with E-state index in [4.69, 9.17) is 21.7 Å². The zero-order chi connectivity index (χ0) is 25.7. The molecular formula is C25H18N2O7S2. The fourth-order valence-corrected chi connectivity index (χ4v) is 4.62. The highest BCUT2D eigenvalue weighted by atomic mass is 32.2. The van der Waals surface area contributed by atoms with Crippen molar-refractivity contribution in [2.45, 2.75) is 0 Å². The van der Waals surface area contributed by atoms with Crippen LogP contribution in [-0.2, 0) is 4.79 Å². The molecule has 0 spiro atoms. The van der Waals surface area contributed by atoms with Gasteiger partial charge < -0.3 is 14.6 Å². The molecule has 182 valence electrons. The van der Waals surface area contributed by atoms with E-state index in [0.717, 1.165) is 11.8 Å². The predicted octanol–water partition coefficient (Wildman–Crippen LogP) is 5.16. The maximum atomic E-state index is 13.2. The minimum atomic E-state index is -1.13. The summed E-state index contributed by atoms with van der Waals surface area (Å²) in [7, 11) is 0. The Hall–Kier alpha value is -4.22. The summed E-state index contributed by atoms with van der Waals surface area (Å²) in [6.07, 6.45) is 1.47. The molecule has 3 aromatic carbocycles. The molecule has 1 heterocycles. The number of carboxylic acid groups (broad SMARTS) is 1. The van der Waals surface area contributed by atoms with Gasteiger partial charge in [0.15, 0.2) is 4.32 Å². The van der Waals surface area contributed by atoms with Crippen LogP contribution in [-0.4, -0.2) is 39.4 Å². The number of hydrogen-bond donors (Lipinski definition) is 1. The number of thioether (sulfide) groups is 1. The lowest BCUT2D eigenvalue weighted by atomic mass is 10.1. The second kappa shape index (κ2) is 11.0. The van der Waals surface area contributed by atoms with Gasteiger partial charge in [0.05, 0.1) is 21.1 Å². The van der Waals surface area contributed by atoms with Crippen LogP contribution in [0.3, 0.4) is 0 Å². The number of amides is 1. The number of aromatic carboxylic acids is 1. The summed E-state index contributed by atoms with van der Waals surface area (Å²) in [5, 5.41) is 20.6. The number of carbonyl (C=O) groups excluding carboxylic acids is 1. The van der Waals surface area contributed by atoms with Gasteiger partial charge >= 0.3 is 5.97 Å². The van der Waals surface area contributed by atoms with Crippen LogP contribution in [0, 0.1) is 10.1 Å². The van der Waals surface area contributed by atoms with Gasteiger partial charge in [-0.15, -0.1) is 0 Å². The largest absolute Gasteiger partial charge is 0.490 e. The van der Waals surface area contributed by atoms with Gasteiger partial charge in [-0.2, -0.15) is 0 Å². The predicted molar refractivity (Wildman–Crippen MR) is 140 cm³/mol. The smallest absolute Gasteiger partial charge is 0.335 e. The van der Waals surface area contributed by atoms with Crippen molar-refractivity contribution in [1.82, 2.24) is 0 Å². The Bertz CT molecular complexity index is 1380. The molecule has 0 bridgehead atoms. The standard InChI is InChI=1S/C25H18N2O7S2/c28-23-22(36-25(35)26(23)18-6-4-5-16(13-18)24(29)30)15-17-14-19(27(31)32)9-10-21(17)34-12-11-33-20-7-2-1-3-8-20/h1-10,13-15H,11-12H2,(H,29,30). The van der Waals surface area contributed by atoms with Crippen molar-refractivity contribution in [3.8, 4) is 11.5 Å². The Balaban J connectivity index is 1.57. The average molecular weight is 523 g/mol. The van der Waals surface area contributed by atoms with Crippen molar-refractivity contribution < 1.29 is 29.1 Å². The van der Waals surface area contributed by atoms with Crippen LogP contribution >= 0.6 is 24.0 Å². The van der Waals surface area contributed by atoms with E-state index in [1.807, 2.05) is 30.3 Å². The third kappa shape index (κ3) is 5.70. The molecule has 0 aliphatic carbocycles. The van der Waals surface area contributed by atoms with Crippen LogP contribution in [0.15, 0.2) is 77.7 Å². The first kappa shape index (κ1) is 24.9. The number of non-ortho nitro benzene ring substituents is 1. The SMILES string of the molecule is O=C(O)c1cccc(N2C(=O)C(=Cc3cc([N+](=O)[O-])ccc3OCCOc3ccccc3)SC2=S)c1. The number of ether oxygens (including phenoxy) is 2. The van der Waals surface area contributed by atoms with Gasteiger partial charge in [0, 0.05) is 17.7 Å². The fraction of sp³-hybridized carbons (Fsp3) is 0.0800. The Morgan fingerprint density at radius 3 is 2.53 bits per heavy atom. The average Bonchev–Trinajstić information content (AvgIpc) is 3.15. The molecular weight excluding hydrogens is 504 g/mol. The zero-order valence-electron chi connectivity index (χ0n) is 18.5. The van der Waals surface area contributed by atoms with E-state index in [0.29, 0.717) is 22.7 Å². The Labute approximate surface area is 215 Å². The number of carboxylic acids is 1. The monoisotopic (exact) mass is 522 g/mol. The van der Waals surface area contributed by atoms with Gasteiger partial charge in [-0.05, 0) is 42.5 Å². The van der Waals surface area contributed by atoms with Crippen LogP contribution < -0.4 is 14.4 Å². The summed E-state index contributed by atoms with van der Waals surface area (Å²) in [6, 6.07) is 19.1. The van der Waals surface area contributed by atoms with E-state index >= 15 is 0 Å². The summed E-state index contributed by atoms with van der Waals surface area (Å²) < 4.78 is 11.6. The van der Waals surface area contributed by atoms with E-state index in [1.165, 1.54) is 47.4 Å². The van der Waals surface area contributed by atoms with Crippen molar-refractivity contribution in [2.24, 2.45) is 0 Å². The van der Waals surface area contributed by atoms with Crippen molar-refractivity contribution in [3.05, 3.63) is 98.9 Å². The molecule has 0 radical (unpaired) electrons. The molecule has 1 saturated heterocycles. The Morgan fingerprint density at radius 1 is 1.06 bits per heavy atom. The first-order valence-corrected chi connectivity index (χ1v) is 11.8. The third-order valence-corrected chi connectivity index (χ3v) is 6.29. The number of nitro groups is 1. The molecule has 1 fully saturated rings. The van der Waals surface area contributed by atoms with Gasteiger partial charge in [-0.3, -0.25) is 19.8 Å². The summed E-state index contributed by atoms with van der Waals surface area (Å²) in [4.78, 5) is 36.7. The maximum Gasteiger partial charge on any atom is 0.335 e. The van der Waals surface area contributed by atoms with Crippen LogP contribution in [0.5, 0.6) is 11.5 Å². The second-order valence-corrected chi connectivity index (χ2v) is 9.04. The van der Waals surface area contributed by atoms with Crippen molar-refractivity contribution in [2.75, 3.05) is 18.1 Å². The van der Waals surface area contributed by atoms with Crippen LogP contribution in [0.4, 0.5) is 11.4 Å². The third-order valence-electron chi connectivity index (χ3n) is 4.99. The highest BCUT2D eigenvalue weighted by Crippen LogP contribution is 2.38. The van der Waals surface area contributed by atoms with E-state index in [1.54, 1.807) is 6.07 Å². The number of thiocarbonyl (C=S) groups is 1. The summed E-state index contributed by atoms with van der Waals surface area (Å²) in [5.74, 6) is -0.596. The Kier molecular flexibility index (Phi) is 7.62. The van der Waals surface area contributed by atoms with E-state index in [9.17, 15) is 24.8 Å². The molecule has 0 aromatic heterocycles. The van der Waals surface area contributed by atoms with E-state index in [2.05, 4.69) is 0 Å². The molecule has 1 aliphatic heterocycles. The molecule has 0 unspecified atom stereocenters. The summed E-state index contributed by atoms with van der Waals surface area (Å²) in [6.45, 7) is 0.402. The van der Waals surface area contributed by atoms with Gasteiger partial charge in [0.1, 0.15) is 24.7 Å². The van der Waals surface area contributed by atoms with E-state index in [-0.39, 0.29) is 33.7 Å². The first-order chi connectivity index (χ1) is 17.3. The molecule has 36 heavy (non-hydrogen) atoms. The number of nitrogens with zero attached hydrogens (tertiary/aromatic N) is 2. The second-order valence-electron chi connectivity index (χ2n) is 7.36. The first-order valence-electron chi connectivity index (χ1n) is 10.5. The Morgan fingerprint density at radius 2 is 1.81 bits per heavy atom. The number of nitro benzene ring substituents is 1. The number of benzene rings is 3. The molecule has 0 atom stereocenters. The quantitative estimate of drug-likeness (QED) is 0.134. The normalized spacial score (nSPS) is 14.2. The molecule has 3 aromatic rings. The van der Waals surface area contributed by atoms with Gasteiger partial charge in [0.2, 0.25) is 0 Å². The number of rotatable bonds is 9.